The number of hydrogen-bond donors (Lipinski definition) is 2. The zero-order valence-corrected chi connectivity index (χ0v) is 14.5. The van der Waals surface area contributed by atoms with Crippen LogP contribution < -0.4 is 10.6 Å². The molecule has 124 valence electrons. The van der Waals surface area contributed by atoms with E-state index in [9.17, 15) is 8.42 Å². The summed E-state index contributed by atoms with van der Waals surface area (Å²) in [5, 5.41) is 6.41. The van der Waals surface area contributed by atoms with Crippen LogP contribution in [-0.4, -0.2) is 69.5 Å². The minimum Gasteiger partial charge on any atom is -0.357 e. The van der Waals surface area contributed by atoms with Gasteiger partial charge in [0.05, 0.1) is 18.1 Å². The van der Waals surface area contributed by atoms with Gasteiger partial charge in [-0.1, -0.05) is 6.92 Å². The summed E-state index contributed by atoms with van der Waals surface area (Å²) in [6.45, 7) is 8.76. The van der Waals surface area contributed by atoms with Gasteiger partial charge in [0, 0.05) is 25.2 Å². The highest BCUT2D eigenvalue weighted by Gasteiger charge is 2.28. The zero-order chi connectivity index (χ0) is 15.9. The topological polar surface area (TPSA) is 73.8 Å². The van der Waals surface area contributed by atoms with Gasteiger partial charge in [-0.25, -0.2) is 8.42 Å². The maximum Gasteiger partial charge on any atom is 0.191 e. The Morgan fingerprint density at radius 1 is 1.43 bits per heavy atom. The molecule has 0 spiro atoms. The quantitative estimate of drug-likeness (QED) is 0.527. The van der Waals surface area contributed by atoms with E-state index >= 15 is 0 Å². The lowest BCUT2D eigenvalue weighted by Gasteiger charge is -2.23. The Balaban J connectivity index is 2.47. The predicted octanol–water partition coefficient (Wildman–Crippen LogP) is 0.459. The molecule has 0 aromatic carbocycles. The Hall–Kier alpha value is -0.820. The number of rotatable bonds is 7. The molecule has 0 saturated carbocycles. The normalized spacial score (nSPS) is 23.3. The molecule has 1 fully saturated rings. The van der Waals surface area contributed by atoms with Crippen LogP contribution in [-0.2, 0) is 9.84 Å². The minimum absolute atomic E-state index is 0.0138. The van der Waals surface area contributed by atoms with Crippen molar-refractivity contribution >= 4 is 15.8 Å². The van der Waals surface area contributed by atoms with Gasteiger partial charge in [-0.3, -0.25) is 4.99 Å². The Bertz CT molecular complexity index is 436. The molecule has 0 aliphatic carbocycles. The van der Waals surface area contributed by atoms with Crippen molar-refractivity contribution in [2.75, 3.05) is 38.2 Å². The zero-order valence-electron chi connectivity index (χ0n) is 13.7. The fourth-order valence-electron chi connectivity index (χ4n) is 2.27. The van der Waals surface area contributed by atoms with Gasteiger partial charge >= 0.3 is 0 Å². The fourth-order valence-corrected chi connectivity index (χ4v) is 3.95. The van der Waals surface area contributed by atoms with Crippen molar-refractivity contribution in [2.45, 2.75) is 45.7 Å². The lowest BCUT2D eigenvalue weighted by molar-refractivity contribution is 0.259. The average molecular weight is 318 g/mol. The minimum atomic E-state index is -2.86. The Kier molecular flexibility index (Phi) is 7.45. The largest absolute Gasteiger partial charge is 0.357 e. The number of likely N-dealkylation sites (N-methyl/N-ethyl adjacent to an activating group) is 1. The van der Waals surface area contributed by atoms with Crippen molar-refractivity contribution in [1.82, 2.24) is 15.5 Å². The smallest absolute Gasteiger partial charge is 0.191 e. The summed E-state index contributed by atoms with van der Waals surface area (Å²) in [7, 11) is -0.753. The number of nitrogens with one attached hydrogen (secondary N) is 2. The Labute approximate surface area is 129 Å². The second-order valence-corrected chi connectivity index (χ2v) is 7.97. The second kappa shape index (κ2) is 8.58. The van der Waals surface area contributed by atoms with Gasteiger partial charge in [-0.15, -0.1) is 0 Å². The molecule has 2 unspecified atom stereocenters. The summed E-state index contributed by atoms with van der Waals surface area (Å²) >= 11 is 0. The number of hydrogen-bond acceptors (Lipinski definition) is 4. The van der Waals surface area contributed by atoms with E-state index in [-0.39, 0.29) is 17.5 Å². The Morgan fingerprint density at radius 2 is 2.14 bits per heavy atom. The lowest BCUT2D eigenvalue weighted by atomic mass is 10.2. The van der Waals surface area contributed by atoms with Crippen molar-refractivity contribution in [1.29, 1.82) is 0 Å². The van der Waals surface area contributed by atoms with Gasteiger partial charge in [0.15, 0.2) is 15.8 Å². The van der Waals surface area contributed by atoms with E-state index in [2.05, 4.69) is 41.4 Å². The molecule has 0 bridgehead atoms. The first-order valence-electron chi connectivity index (χ1n) is 7.83. The average Bonchev–Trinajstić information content (AvgIpc) is 2.77. The third-order valence-electron chi connectivity index (χ3n) is 3.98. The molecular weight excluding hydrogens is 288 g/mol. The van der Waals surface area contributed by atoms with Gasteiger partial charge in [0.1, 0.15) is 0 Å². The highest BCUT2D eigenvalue weighted by atomic mass is 32.2. The molecule has 0 amide bonds. The second-order valence-electron chi connectivity index (χ2n) is 5.74. The van der Waals surface area contributed by atoms with Crippen LogP contribution in [0.2, 0.25) is 0 Å². The van der Waals surface area contributed by atoms with Crippen LogP contribution in [0.3, 0.4) is 0 Å². The van der Waals surface area contributed by atoms with Crippen LogP contribution in [0.1, 0.15) is 33.6 Å². The molecule has 0 aromatic heterocycles. The molecule has 0 aromatic rings. The van der Waals surface area contributed by atoms with Crippen LogP contribution in [0.25, 0.3) is 0 Å². The van der Waals surface area contributed by atoms with Crippen molar-refractivity contribution in [3.8, 4) is 0 Å². The standard InChI is InChI=1S/C14H30N4O2S/c1-5-12(3)18(4)9-8-16-14(15-6-2)17-13-7-10-21(19,20)11-13/h12-13H,5-11H2,1-4H3,(H2,15,16,17). The number of nitrogens with zero attached hydrogens (tertiary/aromatic N) is 2. The van der Waals surface area contributed by atoms with Gasteiger partial charge in [0.2, 0.25) is 0 Å². The first kappa shape index (κ1) is 18.2. The fraction of sp³-hybridized carbons (Fsp3) is 0.929. The van der Waals surface area contributed by atoms with Crippen LogP contribution in [0.15, 0.2) is 4.99 Å². The van der Waals surface area contributed by atoms with Crippen LogP contribution in [0.5, 0.6) is 0 Å². The van der Waals surface area contributed by atoms with Crippen molar-refractivity contribution in [2.24, 2.45) is 4.99 Å². The van der Waals surface area contributed by atoms with E-state index in [4.69, 9.17) is 0 Å². The van der Waals surface area contributed by atoms with E-state index in [0.717, 1.165) is 25.5 Å². The van der Waals surface area contributed by atoms with Crippen molar-refractivity contribution in [3.63, 3.8) is 0 Å². The van der Waals surface area contributed by atoms with E-state index in [1.165, 1.54) is 0 Å². The Morgan fingerprint density at radius 3 is 2.67 bits per heavy atom. The molecule has 1 saturated heterocycles. The van der Waals surface area contributed by atoms with Crippen LogP contribution in [0, 0.1) is 0 Å². The summed E-state index contributed by atoms with van der Waals surface area (Å²) < 4.78 is 23.0. The number of sulfone groups is 1. The van der Waals surface area contributed by atoms with Crippen LogP contribution >= 0.6 is 0 Å². The summed E-state index contributed by atoms with van der Waals surface area (Å²) in [5.74, 6) is 1.21. The highest BCUT2D eigenvalue weighted by molar-refractivity contribution is 7.91. The SMILES string of the molecule is CCNC(=NCCN(C)C(C)CC)NC1CCS(=O)(=O)C1. The van der Waals surface area contributed by atoms with E-state index in [0.29, 0.717) is 19.0 Å². The number of aliphatic imine (C=N–C) groups is 1. The molecule has 7 heteroatoms. The predicted molar refractivity (Wildman–Crippen MR) is 88.6 cm³/mol. The number of guanidine groups is 1. The van der Waals surface area contributed by atoms with Crippen LogP contribution in [0.4, 0.5) is 0 Å². The van der Waals surface area contributed by atoms with Gasteiger partial charge in [-0.2, -0.15) is 0 Å². The third kappa shape index (κ3) is 6.65. The van der Waals surface area contributed by atoms with E-state index in [1.807, 2.05) is 6.92 Å². The molecule has 0 radical (unpaired) electrons. The molecule has 1 aliphatic rings. The van der Waals surface area contributed by atoms with Crippen molar-refractivity contribution in [3.05, 3.63) is 0 Å². The first-order chi connectivity index (χ1) is 9.88. The van der Waals surface area contributed by atoms with Gasteiger partial charge < -0.3 is 15.5 Å². The molecule has 1 aliphatic heterocycles. The van der Waals surface area contributed by atoms with Crippen molar-refractivity contribution < 1.29 is 8.42 Å². The highest BCUT2D eigenvalue weighted by Crippen LogP contribution is 2.10. The summed E-state index contributed by atoms with van der Waals surface area (Å²) in [4.78, 5) is 6.82. The molecule has 21 heavy (non-hydrogen) atoms. The first-order valence-corrected chi connectivity index (χ1v) is 9.65. The monoisotopic (exact) mass is 318 g/mol. The molecule has 1 rings (SSSR count). The molecule has 1 heterocycles. The third-order valence-corrected chi connectivity index (χ3v) is 5.75. The maximum absolute atomic E-state index is 11.5. The summed E-state index contributed by atoms with van der Waals surface area (Å²) in [6.07, 6.45) is 1.79. The van der Waals surface area contributed by atoms with E-state index < -0.39 is 9.84 Å². The van der Waals surface area contributed by atoms with Gasteiger partial charge in [0.25, 0.3) is 0 Å². The van der Waals surface area contributed by atoms with E-state index in [1.54, 1.807) is 0 Å². The lowest BCUT2D eigenvalue weighted by Crippen LogP contribution is -2.44. The molecule has 2 N–H and O–H groups in total. The maximum atomic E-state index is 11.5. The molecule has 2 atom stereocenters. The molecule has 6 nitrogen and oxygen atoms in total. The molecular formula is C14H30N4O2S. The van der Waals surface area contributed by atoms with Gasteiger partial charge in [-0.05, 0) is 33.7 Å². The summed E-state index contributed by atoms with van der Waals surface area (Å²) in [5.41, 5.74) is 0. The summed E-state index contributed by atoms with van der Waals surface area (Å²) in [6, 6.07) is 0.538.